The third-order valence-electron chi connectivity index (χ3n) is 3.99. The van der Waals surface area contributed by atoms with E-state index in [9.17, 15) is 4.79 Å². The zero-order valence-electron chi connectivity index (χ0n) is 12.2. The molecule has 106 valence electrons. The first-order chi connectivity index (χ1) is 9.11. The Morgan fingerprint density at radius 2 is 2.00 bits per heavy atom. The summed E-state index contributed by atoms with van der Waals surface area (Å²) in [7, 11) is 0. The van der Waals surface area contributed by atoms with E-state index in [1.54, 1.807) is 0 Å². The van der Waals surface area contributed by atoms with Gasteiger partial charge in [0.15, 0.2) is 5.16 Å². The van der Waals surface area contributed by atoms with Crippen molar-refractivity contribution in [3.05, 3.63) is 21.6 Å². The third kappa shape index (κ3) is 3.62. The smallest absolute Gasteiger partial charge is 0.255 e. The average Bonchev–Trinajstić information content (AvgIpc) is 2.38. The van der Waals surface area contributed by atoms with Crippen LogP contribution in [0, 0.1) is 5.92 Å². The summed E-state index contributed by atoms with van der Waals surface area (Å²) in [6, 6.07) is 0. The van der Waals surface area contributed by atoms with Gasteiger partial charge >= 0.3 is 0 Å². The van der Waals surface area contributed by atoms with Crippen LogP contribution in [0.15, 0.2) is 9.95 Å². The van der Waals surface area contributed by atoms with E-state index in [0.717, 1.165) is 28.8 Å². The molecule has 1 heterocycles. The van der Waals surface area contributed by atoms with E-state index in [0.29, 0.717) is 0 Å². The quantitative estimate of drug-likeness (QED) is 0.675. The van der Waals surface area contributed by atoms with Crippen molar-refractivity contribution in [3.8, 4) is 0 Å². The standard InChI is InChI=1S/C15H24N2OS/c1-10(2)13-12(9-11-7-5-4-6-8-11)16-15(19-3)17-14(13)18/h10-11H,4-9H2,1-3H3,(H,16,17,18). The molecule has 1 aliphatic rings. The molecule has 1 N–H and O–H groups in total. The third-order valence-corrected chi connectivity index (χ3v) is 4.57. The van der Waals surface area contributed by atoms with Crippen LogP contribution in [-0.4, -0.2) is 16.2 Å². The maximum Gasteiger partial charge on any atom is 0.255 e. The van der Waals surface area contributed by atoms with Gasteiger partial charge in [0.1, 0.15) is 0 Å². The number of nitrogens with zero attached hydrogens (tertiary/aromatic N) is 1. The number of aromatic amines is 1. The van der Waals surface area contributed by atoms with Gasteiger partial charge in [0.2, 0.25) is 0 Å². The second-order valence-corrected chi connectivity index (χ2v) is 6.59. The summed E-state index contributed by atoms with van der Waals surface area (Å²) in [5.41, 5.74) is 1.98. The number of aromatic nitrogens is 2. The number of nitrogens with one attached hydrogen (secondary N) is 1. The van der Waals surface area contributed by atoms with Crippen LogP contribution in [-0.2, 0) is 6.42 Å². The van der Waals surface area contributed by atoms with Gasteiger partial charge in [-0.05, 0) is 24.5 Å². The summed E-state index contributed by atoms with van der Waals surface area (Å²) < 4.78 is 0. The molecule has 4 heteroatoms. The van der Waals surface area contributed by atoms with Crippen molar-refractivity contribution in [2.75, 3.05) is 6.26 Å². The molecule has 1 aromatic heterocycles. The van der Waals surface area contributed by atoms with Gasteiger partial charge in [-0.2, -0.15) is 0 Å². The van der Waals surface area contributed by atoms with Crippen LogP contribution in [0.3, 0.4) is 0 Å². The van der Waals surface area contributed by atoms with E-state index in [4.69, 9.17) is 0 Å². The Bertz CT molecular complexity index is 476. The van der Waals surface area contributed by atoms with Crippen LogP contribution in [0.25, 0.3) is 0 Å². The molecule has 0 aliphatic heterocycles. The highest BCUT2D eigenvalue weighted by Gasteiger charge is 2.20. The van der Waals surface area contributed by atoms with Crippen molar-refractivity contribution >= 4 is 11.8 Å². The lowest BCUT2D eigenvalue weighted by Crippen LogP contribution is -2.22. The number of thioether (sulfide) groups is 1. The van der Waals surface area contributed by atoms with Gasteiger partial charge in [-0.25, -0.2) is 4.98 Å². The maximum atomic E-state index is 12.2. The lowest BCUT2D eigenvalue weighted by Gasteiger charge is -2.22. The molecule has 2 rings (SSSR count). The molecule has 1 aliphatic carbocycles. The van der Waals surface area contributed by atoms with Gasteiger partial charge in [-0.1, -0.05) is 57.7 Å². The van der Waals surface area contributed by atoms with E-state index in [1.165, 1.54) is 43.9 Å². The highest BCUT2D eigenvalue weighted by atomic mass is 32.2. The number of H-pyrrole nitrogens is 1. The van der Waals surface area contributed by atoms with Gasteiger partial charge in [0.25, 0.3) is 5.56 Å². The molecule has 19 heavy (non-hydrogen) atoms. The Balaban J connectivity index is 2.30. The molecular formula is C15H24N2OS. The summed E-state index contributed by atoms with van der Waals surface area (Å²) in [5, 5.41) is 0.750. The van der Waals surface area contributed by atoms with Gasteiger partial charge in [0, 0.05) is 5.56 Å². The molecule has 0 spiro atoms. The summed E-state index contributed by atoms with van der Waals surface area (Å²) in [6.07, 6.45) is 9.55. The van der Waals surface area contributed by atoms with E-state index in [-0.39, 0.29) is 11.5 Å². The van der Waals surface area contributed by atoms with Gasteiger partial charge in [-0.3, -0.25) is 4.79 Å². The van der Waals surface area contributed by atoms with Crippen LogP contribution >= 0.6 is 11.8 Å². The zero-order chi connectivity index (χ0) is 13.8. The molecule has 0 aromatic carbocycles. The highest BCUT2D eigenvalue weighted by Crippen LogP contribution is 2.28. The molecule has 0 unspecified atom stereocenters. The molecular weight excluding hydrogens is 256 g/mol. The molecule has 0 saturated heterocycles. The topological polar surface area (TPSA) is 45.8 Å². The second kappa shape index (κ2) is 6.60. The van der Waals surface area contributed by atoms with Crippen molar-refractivity contribution < 1.29 is 0 Å². The number of rotatable bonds is 4. The molecule has 0 amide bonds. The predicted molar refractivity (Wildman–Crippen MR) is 81.0 cm³/mol. The van der Waals surface area contributed by atoms with Crippen molar-refractivity contribution in [3.63, 3.8) is 0 Å². The van der Waals surface area contributed by atoms with Crippen molar-refractivity contribution in [2.24, 2.45) is 5.92 Å². The fourth-order valence-electron chi connectivity index (χ4n) is 3.02. The number of hydrogen-bond acceptors (Lipinski definition) is 3. The van der Waals surface area contributed by atoms with Crippen LogP contribution in [0.4, 0.5) is 0 Å². The van der Waals surface area contributed by atoms with E-state index < -0.39 is 0 Å². The lowest BCUT2D eigenvalue weighted by molar-refractivity contribution is 0.352. The molecule has 0 bridgehead atoms. The van der Waals surface area contributed by atoms with Crippen LogP contribution in [0.2, 0.25) is 0 Å². The fraction of sp³-hybridized carbons (Fsp3) is 0.733. The zero-order valence-corrected chi connectivity index (χ0v) is 13.0. The molecule has 3 nitrogen and oxygen atoms in total. The largest absolute Gasteiger partial charge is 0.301 e. The van der Waals surface area contributed by atoms with E-state index in [1.807, 2.05) is 6.26 Å². The minimum absolute atomic E-state index is 0.0557. The predicted octanol–water partition coefficient (Wildman–Crippen LogP) is 3.74. The van der Waals surface area contributed by atoms with Crippen LogP contribution in [0.1, 0.15) is 63.1 Å². The maximum absolute atomic E-state index is 12.2. The lowest BCUT2D eigenvalue weighted by atomic mass is 9.84. The first-order valence-electron chi connectivity index (χ1n) is 7.29. The normalized spacial score (nSPS) is 17.1. The van der Waals surface area contributed by atoms with E-state index >= 15 is 0 Å². The minimum Gasteiger partial charge on any atom is -0.301 e. The Hall–Kier alpha value is -0.770. The average molecular weight is 280 g/mol. The minimum atomic E-state index is 0.0557. The van der Waals surface area contributed by atoms with Crippen molar-refractivity contribution in [2.45, 2.75) is 63.4 Å². The van der Waals surface area contributed by atoms with Crippen LogP contribution < -0.4 is 5.56 Å². The van der Waals surface area contributed by atoms with Gasteiger partial charge in [0.05, 0.1) is 5.69 Å². The summed E-state index contributed by atoms with van der Waals surface area (Å²) in [4.78, 5) is 19.7. The summed E-state index contributed by atoms with van der Waals surface area (Å²) in [5.74, 6) is 0.959. The van der Waals surface area contributed by atoms with Gasteiger partial charge < -0.3 is 4.98 Å². The number of hydrogen-bond donors (Lipinski definition) is 1. The van der Waals surface area contributed by atoms with Crippen molar-refractivity contribution in [1.29, 1.82) is 0 Å². The molecule has 0 atom stereocenters. The molecule has 1 fully saturated rings. The molecule has 1 aromatic rings. The Morgan fingerprint density at radius 3 is 2.58 bits per heavy atom. The Morgan fingerprint density at radius 1 is 1.32 bits per heavy atom. The van der Waals surface area contributed by atoms with Crippen molar-refractivity contribution in [1.82, 2.24) is 9.97 Å². The Labute approximate surface area is 119 Å². The Kier molecular flexibility index (Phi) is 5.08. The summed E-state index contributed by atoms with van der Waals surface area (Å²) >= 11 is 1.51. The second-order valence-electron chi connectivity index (χ2n) is 5.80. The molecule has 0 radical (unpaired) electrons. The monoisotopic (exact) mass is 280 g/mol. The van der Waals surface area contributed by atoms with Crippen LogP contribution in [0.5, 0.6) is 0 Å². The van der Waals surface area contributed by atoms with E-state index in [2.05, 4.69) is 23.8 Å². The summed E-state index contributed by atoms with van der Waals surface area (Å²) in [6.45, 7) is 4.16. The molecule has 1 saturated carbocycles. The first kappa shape index (κ1) is 14.6. The SMILES string of the molecule is CSc1nc(CC2CCCCC2)c(C(C)C)c(=O)[nH]1. The van der Waals surface area contributed by atoms with Gasteiger partial charge in [-0.15, -0.1) is 0 Å². The fourth-order valence-corrected chi connectivity index (χ4v) is 3.41. The first-order valence-corrected chi connectivity index (χ1v) is 8.51. The highest BCUT2D eigenvalue weighted by molar-refractivity contribution is 7.98.